The van der Waals surface area contributed by atoms with Crippen LogP contribution in [0, 0.1) is 17.2 Å². The van der Waals surface area contributed by atoms with Gasteiger partial charge in [-0.05, 0) is 19.8 Å². The second-order valence-corrected chi connectivity index (χ2v) is 6.27. The first-order valence-electron chi connectivity index (χ1n) is 5.40. The summed E-state index contributed by atoms with van der Waals surface area (Å²) in [5.41, 5.74) is 0. The third-order valence-electron chi connectivity index (χ3n) is 2.98. The molecule has 0 saturated carbocycles. The molecule has 1 aliphatic rings. The Morgan fingerprint density at radius 1 is 1.47 bits per heavy atom. The summed E-state index contributed by atoms with van der Waals surface area (Å²) in [7, 11) is -2.23. The van der Waals surface area contributed by atoms with E-state index in [0.29, 0.717) is 12.8 Å². The number of nitriles is 1. The van der Waals surface area contributed by atoms with Gasteiger partial charge in [0.2, 0.25) is 10.0 Å². The van der Waals surface area contributed by atoms with Gasteiger partial charge in [-0.15, -0.1) is 0 Å². The molecule has 1 heterocycles. The summed E-state index contributed by atoms with van der Waals surface area (Å²) in [6, 6.07) is 1.73. The van der Waals surface area contributed by atoms with Gasteiger partial charge in [-0.1, -0.05) is 0 Å². The number of sulfonamides is 1. The zero-order chi connectivity index (χ0) is 13.1. The van der Waals surface area contributed by atoms with Crippen LogP contribution in [0.3, 0.4) is 0 Å². The number of hydrogen-bond donors (Lipinski definition) is 0. The molecule has 7 heteroatoms. The van der Waals surface area contributed by atoms with E-state index in [1.807, 2.05) is 0 Å². The van der Waals surface area contributed by atoms with E-state index >= 15 is 0 Å². The number of carbonyl (C=O) groups is 1. The van der Waals surface area contributed by atoms with Crippen LogP contribution in [0.2, 0.25) is 0 Å². The highest BCUT2D eigenvalue weighted by molar-refractivity contribution is 7.89. The van der Waals surface area contributed by atoms with Crippen molar-refractivity contribution in [2.75, 3.05) is 20.2 Å². The summed E-state index contributed by atoms with van der Waals surface area (Å²) < 4.78 is 29.6. The van der Waals surface area contributed by atoms with Crippen molar-refractivity contribution in [1.29, 1.82) is 5.26 Å². The second-order valence-electron chi connectivity index (χ2n) is 4.01. The summed E-state index contributed by atoms with van der Waals surface area (Å²) in [6.45, 7) is 1.91. The Bertz CT molecular complexity index is 418. The fraction of sp³-hybridized carbons (Fsp3) is 0.800. The molecule has 1 fully saturated rings. The van der Waals surface area contributed by atoms with Gasteiger partial charge >= 0.3 is 5.97 Å². The molecular formula is C10H16N2O4S. The third kappa shape index (κ3) is 2.96. The van der Waals surface area contributed by atoms with Crippen molar-refractivity contribution in [3.63, 3.8) is 0 Å². The molecule has 1 rings (SSSR count). The number of hydrogen-bond acceptors (Lipinski definition) is 5. The van der Waals surface area contributed by atoms with Crippen molar-refractivity contribution >= 4 is 16.0 Å². The maximum Gasteiger partial charge on any atom is 0.308 e. The number of nitrogens with zero attached hydrogens (tertiary/aromatic N) is 2. The highest BCUT2D eigenvalue weighted by atomic mass is 32.2. The molecule has 0 radical (unpaired) electrons. The summed E-state index contributed by atoms with van der Waals surface area (Å²) in [5.74, 6) is -0.528. The van der Waals surface area contributed by atoms with Crippen LogP contribution in [0.25, 0.3) is 0 Å². The molecule has 0 aliphatic carbocycles. The summed E-state index contributed by atoms with van der Waals surface area (Å²) in [4.78, 5) is 11.3. The lowest BCUT2D eigenvalue weighted by atomic mass is 9.99. The van der Waals surface area contributed by atoms with Crippen LogP contribution in [0.4, 0.5) is 0 Å². The minimum atomic E-state index is -3.55. The molecule has 1 saturated heterocycles. The Kier molecular flexibility index (Phi) is 4.48. The zero-order valence-electron chi connectivity index (χ0n) is 9.92. The lowest BCUT2D eigenvalue weighted by Crippen LogP contribution is -2.43. The first kappa shape index (κ1) is 13.9. The first-order valence-corrected chi connectivity index (χ1v) is 6.90. The average Bonchev–Trinajstić information content (AvgIpc) is 2.36. The summed E-state index contributed by atoms with van der Waals surface area (Å²) >= 11 is 0. The first-order chi connectivity index (χ1) is 7.93. The summed E-state index contributed by atoms with van der Waals surface area (Å²) in [5, 5.41) is 7.61. The highest BCUT2D eigenvalue weighted by Gasteiger charge is 2.34. The Morgan fingerprint density at radius 2 is 2.00 bits per heavy atom. The minimum Gasteiger partial charge on any atom is -0.469 e. The molecule has 17 heavy (non-hydrogen) atoms. The summed E-state index contributed by atoms with van der Waals surface area (Å²) in [6.07, 6.45) is 0.897. The number of esters is 1. The Labute approximate surface area is 101 Å². The van der Waals surface area contributed by atoms with E-state index in [1.54, 1.807) is 6.07 Å². The SMILES string of the molecule is COC(=O)C1CCN(S(=O)(=O)C(C)C#N)CC1. The van der Waals surface area contributed by atoms with Crippen LogP contribution in [0.5, 0.6) is 0 Å². The Balaban J connectivity index is 2.65. The van der Waals surface area contributed by atoms with E-state index in [9.17, 15) is 13.2 Å². The van der Waals surface area contributed by atoms with Crippen molar-refractivity contribution in [1.82, 2.24) is 4.31 Å². The van der Waals surface area contributed by atoms with Crippen LogP contribution in [-0.2, 0) is 19.6 Å². The molecule has 1 aliphatic heterocycles. The molecule has 1 atom stereocenters. The maximum absolute atomic E-state index is 11.8. The zero-order valence-corrected chi connectivity index (χ0v) is 10.7. The molecule has 0 aromatic rings. The topological polar surface area (TPSA) is 87.5 Å². The van der Waals surface area contributed by atoms with Crippen LogP contribution >= 0.6 is 0 Å². The minimum absolute atomic E-state index is 0.233. The number of methoxy groups -OCH3 is 1. The quantitative estimate of drug-likeness (QED) is 0.672. The normalized spacial score (nSPS) is 20.5. The molecule has 0 aromatic carbocycles. The van der Waals surface area contributed by atoms with Crippen molar-refractivity contribution in [3.05, 3.63) is 0 Å². The van der Waals surface area contributed by atoms with Crippen LogP contribution in [0.15, 0.2) is 0 Å². The fourth-order valence-corrected chi connectivity index (χ4v) is 3.10. The molecule has 0 amide bonds. The predicted octanol–water partition coefficient (Wildman–Crippen LogP) is 0.113. The molecular weight excluding hydrogens is 244 g/mol. The van der Waals surface area contributed by atoms with E-state index in [4.69, 9.17) is 5.26 Å². The maximum atomic E-state index is 11.8. The average molecular weight is 260 g/mol. The smallest absolute Gasteiger partial charge is 0.308 e. The number of rotatable bonds is 3. The number of ether oxygens (including phenoxy) is 1. The van der Waals surface area contributed by atoms with Gasteiger partial charge in [0.1, 0.15) is 0 Å². The van der Waals surface area contributed by atoms with Crippen molar-refractivity contribution in [3.8, 4) is 6.07 Å². The van der Waals surface area contributed by atoms with Crippen LogP contribution in [-0.4, -0.2) is 44.1 Å². The van der Waals surface area contributed by atoms with Crippen molar-refractivity contribution in [2.24, 2.45) is 5.92 Å². The monoisotopic (exact) mass is 260 g/mol. The third-order valence-corrected chi connectivity index (χ3v) is 5.06. The van der Waals surface area contributed by atoms with E-state index in [2.05, 4.69) is 4.74 Å². The lowest BCUT2D eigenvalue weighted by molar-refractivity contribution is -0.146. The standard InChI is InChI=1S/C10H16N2O4S/c1-8(7-11)17(14,15)12-5-3-9(4-6-12)10(13)16-2/h8-9H,3-6H2,1-2H3. The van der Waals surface area contributed by atoms with Gasteiger partial charge < -0.3 is 4.74 Å². The van der Waals surface area contributed by atoms with Gasteiger partial charge in [-0.2, -0.15) is 5.26 Å². The number of carbonyl (C=O) groups excluding carboxylic acids is 1. The van der Waals surface area contributed by atoms with Gasteiger partial charge in [0.05, 0.1) is 19.1 Å². The molecule has 0 N–H and O–H groups in total. The van der Waals surface area contributed by atoms with E-state index < -0.39 is 15.3 Å². The second kappa shape index (κ2) is 5.47. The largest absolute Gasteiger partial charge is 0.469 e. The van der Waals surface area contributed by atoms with Crippen LogP contribution < -0.4 is 0 Å². The predicted molar refractivity (Wildman–Crippen MR) is 60.3 cm³/mol. The van der Waals surface area contributed by atoms with Crippen molar-refractivity contribution in [2.45, 2.75) is 25.0 Å². The fourth-order valence-electron chi connectivity index (χ4n) is 1.80. The van der Waals surface area contributed by atoms with E-state index in [1.165, 1.54) is 18.3 Å². The molecule has 0 spiro atoms. The lowest BCUT2D eigenvalue weighted by Gasteiger charge is -2.30. The van der Waals surface area contributed by atoms with Gasteiger partial charge in [0, 0.05) is 13.1 Å². The molecule has 1 unspecified atom stereocenters. The molecule has 6 nitrogen and oxygen atoms in total. The molecule has 0 bridgehead atoms. The molecule has 96 valence electrons. The van der Waals surface area contributed by atoms with Crippen LogP contribution in [0.1, 0.15) is 19.8 Å². The number of piperidine rings is 1. The highest BCUT2D eigenvalue weighted by Crippen LogP contribution is 2.22. The van der Waals surface area contributed by atoms with Gasteiger partial charge in [0.25, 0.3) is 0 Å². The van der Waals surface area contributed by atoms with E-state index in [-0.39, 0.29) is 25.0 Å². The Morgan fingerprint density at radius 3 is 2.41 bits per heavy atom. The Hall–Kier alpha value is -1.13. The van der Waals surface area contributed by atoms with Gasteiger partial charge in [-0.3, -0.25) is 4.79 Å². The van der Waals surface area contributed by atoms with Gasteiger partial charge in [-0.25, -0.2) is 12.7 Å². The van der Waals surface area contributed by atoms with E-state index in [0.717, 1.165) is 0 Å². The van der Waals surface area contributed by atoms with Crippen molar-refractivity contribution < 1.29 is 17.9 Å². The molecule has 0 aromatic heterocycles. The van der Waals surface area contributed by atoms with Gasteiger partial charge in [0.15, 0.2) is 5.25 Å².